The average Bonchev–Trinajstić information content (AvgIpc) is 2.81. The van der Waals surface area contributed by atoms with Crippen molar-refractivity contribution in [1.82, 2.24) is 0 Å². The monoisotopic (exact) mass is 380 g/mol. The topological polar surface area (TPSA) is 26.3 Å². The fourth-order valence-corrected chi connectivity index (χ4v) is 3.61. The summed E-state index contributed by atoms with van der Waals surface area (Å²) in [5.41, 5.74) is 1.00. The number of esters is 1. The Labute approximate surface area is 139 Å². The Morgan fingerprint density at radius 1 is 1.24 bits per heavy atom. The van der Waals surface area contributed by atoms with E-state index in [-0.39, 0.29) is 0 Å². The molecule has 106 valence electrons. The SMILES string of the molecule is Cc1cc(OC(=O)c2sc3ccccc3c2Cl)ccc1Br. The number of hydrogen-bond donors (Lipinski definition) is 0. The van der Waals surface area contributed by atoms with Crippen molar-refractivity contribution in [3.63, 3.8) is 0 Å². The summed E-state index contributed by atoms with van der Waals surface area (Å²) >= 11 is 11.0. The van der Waals surface area contributed by atoms with Crippen molar-refractivity contribution in [2.75, 3.05) is 0 Å². The Kier molecular flexibility index (Phi) is 4.02. The van der Waals surface area contributed by atoms with Gasteiger partial charge in [0, 0.05) is 14.6 Å². The van der Waals surface area contributed by atoms with Crippen molar-refractivity contribution in [3.8, 4) is 5.75 Å². The van der Waals surface area contributed by atoms with Crippen LogP contribution in [-0.2, 0) is 0 Å². The minimum atomic E-state index is -0.428. The Hall–Kier alpha value is -1.36. The highest BCUT2D eigenvalue weighted by Crippen LogP contribution is 2.35. The molecule has 1 heterocycles. The van der Waals surface area contributed by atoms with Gasteiger partial charge >= 0.3 is 5.97 Å². The lowest BCUT2D eigenvalue weighted by atomic mass is 10.2. The molecule has 5 heteroatoms. The second-order valence-corrected chi connectivity index (χ2v) is 6.83. The zero-order chi connectivity index (χ0) is 15.0. The summed E-state index contributed by atoms with van der Waals surface area (Å²) in [5.74, 6) is 0.0807. The molecular weight excluding hydrogens is 372 g/mol. The van der Waals surface area contributed by atoms with Crippen LogP contribution in [0.3, 0.4) is 0 Å². The number of halogens is 2. The van der Waals surface area contributed by atoms with Crippen LogP contribution in [0.2, 0.25) is 5.02 Å². The molecule has 1 aromatic heterocycles. The van der Waals surface area contributed by atoms with Gasteiger partial charge in [0.15, 0.2) is 0 Å². The average molecular weight is 382 g/mol. The lowest BCUT2D eigenvalue weighted by Crippen LogP contribution is -2.07. The van der Waals surface area contributed by atoms with Crippen LogP contribution in [0.25, 0.3) is 10.1 Å². The highest BCUT2D eigenvalue weighted by molar-refractivity contribution is 9.10. The molecule has 0 fully saturated rings. The van der Waals surface area contributed by atoms with E-state index in [9.17, 15) is 4.79 Å². The standard InChI is InChI=1S/C16H10BrClO2S/c1-9-8-10(6-7-12(9)17)20-16(19)15-14(18)11-4-2-3-5-13(11)21-15/h2-8H,1H3. The third kappa shape index (κ3) is 2.84. The molecule has 0 spiro atoms. The van der Waals surface area contributed by atoms with Gasteiger partial charge in [-0.3, -0.25) is 0 Å². The van der Waals surface area contributed by atoms with Gasteiger partial charge in [-0.2, -0.15) is 0 Å². The highest BCUT2D eigenvalue weighted by Gasteiger charge is 2.19. The summed E-state index contributed by atoms with van der Waals surface area (Å²) in [4.78, 5) is 12.7. The van der Waals surface area contributed by atoms with E-state index < -0.39 is 5.97 Å². The van der Waals surface area contributed by atoms with Crippen molar-refractivity contribution in [2.24, 2.45) is 0 Å². The van der Waals surface area contributed by atoms with Gasteiger partial charge in [0.05, 0.1) is 5.02 Å². The van der Waals surface area contributed by atoms with E-state index in [4.69, 9.17) is 16.3 Å². The fourth-order valence-electron chi connectivity index (χ4n) is 1.98. The highest BCUT2D eigenvalue weighted by atomic mass is 79.9. The Bertz CT molecular complexity index is 841. The smallest absolute Gasteiger partial charge is 0.355 e. The van der Waals surface area contributed by atoms with Crippen LogP contribution in [0.1, 0.15) is 15.2 Å². The molecule has 0 aliphatic rings. The summed E-state index contributed by atoms with van der Waals surface area (Å²) in [6, 6.07) is 13.1. The minimum absolute atomic E-state index is 0.428. The predicted molar refractivity (Wildman–Crippen MR) is 90.7 cm³/mol. The fraction of sp³-hybridized carbons (Fsp3) is 0.0625. The first-order valence-electron chi connectivity index (χ1n) is 6.21. The molecule has 0 aliphatic carbocycles. The maximum Gasteiger partial charge on any atom is 0.355 e. The predicted octanol–water partition coefficient (Wildman–Crippen LogP) is 5.84. The number of hydrogen-bond acceptors (Lipinski definition) is 3. The van der Waals surface area contributed by atoms with Crippen molar-refractivity contribution in [1.29, 1.82) is 0 Å². The molecule has 2 aromatic carbocycles. The number of aryl methyl sites for hydroxylation is 1. The molecule has 21 heavy (non-hydrogen) atoms. The summed E-state index contributed by atoms with van der Waals surface area (Å²) in [7, 11) is 0. The van der Waals surface area contributed by atoms with Crippen molar-refractivity contribution in [3.05, 3.63) is 62.4 Å². The molecule has 3 rings (SSSR count). The Morgan fingerprint density at radius 2 is 2.00 bits per heavy atom. The number of fused-ring (bicyclic) bond motifs is 1. The summed E-state index contributed by atoms with van der Waals surface area (Å²) < 4.78 is 7.36. The van der Waals surface area contributed by atoms with Gasteiger partial charge in [-0.25, -0.2) is 4.79 Å². The molecule has 0 radical (unpaired) electrons. The number of rotatable bonds is 2. The first-order chi connectivity index (χ1) is 10.1. The largest absolute Gasteiger partial charge is 0.422 e. The third-order valence-corrected chi connectivity index (χ3v) is 5.61. The maximum absolute atomic E-state index is 12.3. The molecule has 0 saturated carbocycles. The van der Waals surface area contributed by atoms with E-state index in [0.29, 0.717) is 15.6 Å². The molecule has 0 saturated heterocycles. The lowest BCUT2D eigenvalue weighted by Gasteiger charge is -2.05. The van der Waals surface area contributed by atoms with E-state index in [1.54, 1.807) is 6.07 Å². The van der Waals surface area contributed by atoms with Gasteiger partial charge in [-0.05, 0) is 36.8 Å². The molecule has 0 atom stereocenters. The maximum atomic E-state index is 12.3. The van der Waals surface area contributed by atoms with Crippen LogP contribution in [0, 0.1) is 6.92 Å². The van der Waals surface area contributed by atoms with Crippen LogP contribution in [0.4, 0.5) is 0 Å². The molecule has 0 bridgehead atoms. The van der Waals surface area contributed by atoms with Crippen LogP contribution in [0.15, 0.2) is 46.9 Å². The Balaban J connectivity index is 1.93. The molecule has 3 aromatic rings. The normalized spacial score (nSPS) is 10.8. The van der Waals surface area contributed by atoms with Crippen LogP contribution in [-0.4, -0.2) is 5.97 Å². The number of benzene rings is 2. The molecule has 0 amide bonds. The minimum Gasteiger partial charge on any atom is -0.422 e. The molecule has 0 unspecified atom stereocenters. The molecule has 0 N–H and O–H groups in total. The van der Waals surface area contributed by atoms with Crippen LogP contribution >= 0.6 is 38.9 Å². The number of carbonyl (C=O) groups excluding carboxylic acids is 1. The van der Waals surface area contributed by atoms with Crippen molar-refractivity contribution in [2.45, 2.75) is 6.92 Å². The van der Waals surface area contributed by atoms with Gasteiger partial charge in [0.25, 0.3) is 0 Å². The lowest BCUT2D eigenvalue weighted by molar-refractivity contribution is 0.0740. The van der Waals surface area contributed by atoms with Crippen LogP contribution < -0.4 is 4.74 Å². The number of thiophene rings is 1. The van der Waals surface area contributed by atoms with E-state index >= 15 is 0 Å². The van der Waals surface area contributed by atoms with Gasteiger partial charge in [-0.15, -0.1) is 11.3 Å². The molecular formula is C16H10BrClO2S. The third-order valence-electron chi connectivity index (χ3n) is 3.06. The van der Waals surface area contributed by atoms with E-state index in [1.165, 1.54) is 11.3 Å². The number of carbonyl (C=O) groups is 1. The van der Waals surface area contributed by atoms with Gasteiger partial charge < -0.3 is 4.74 Å². The molecule has 0 aliphatic heterocycles. The zero-order valence-corrected chi connectivity index (χ0v) is 14.2. The summed E-state index contributed by atoms with van der Waals surface area (Å²) in [6.07, 6.45) is 0. The summed E-state index contributed by atoms with van der Waals surface area (Å²) in [5, 5.41) is 1.33. The van der Waals surface area contributed by atoms with E-state index in [0.717, 1.165) is 20.1 Å². The van der Waals surface area contributed by atoms with Crippen LogP contribution in [0.5, 0.6) is 5.75 Å². The van der Waals surface area contributed by atoms with E-state index in [2.05, 4.69) is 15.9 Å². The molecule has 2 nitrogen and oxygen atoms in total. The Morgan fingerprint density at radius 3 is 2.71 bits per heavy atom. The quantitative estimate of drug-likeness (QED) is 0.411. The summed E-state index contributed by atoms with van der Waals surface area (Å²) in [6.45, 7) is 1.94. The number of ether oxygens (including phenoxy) is 1. The second-order valence-electron chi connectivity index (χ2n) is 4.54. The van der Waals surface area contributed by atoms with Gasteiger partial charge in [-0.1, -0.05) is 45.7 Å². The van der Waals surface area contributed by atoms with Crippen molar-refractivity contribution < 1.29 is 9.53 Å². The second kappa shape index (κ2) is 5.79. The first kappa shape index (κ1) is 14.6. The van der Waals surface area contributed by atoms with Crippen molar-refractivity contribution >= 4 is 54.9 Å². The zero-order valence-electron chi connectivity index (χ0n) is 11.0. The first-order valence-corrected chi connectivity index (χ1v) is 8.20. The van der Waals surface area contributed by atoms with E-state index in [1.807, 2.05) is 43.3 Å². The van der Waals surface area contributed by atoms with Gasteiger partial charge in [0.2, 0.25) is 0 Å². The van der Waals surface area contributed by atoms with Gasteiger partial charge in [0.1, 0.15) is 10.6 Å².